The minimum Gasteiger partial charge on any atom is -0.384 e. The third-order valence-electron chi connectivity index (χ3n) is 7.97. The summed E-state index contributed by atoms with van der Waals surface area (Å²) in [7, 11) is 0. The summed E-state index contributed by atoms with van der Waals surface area (Å²) in [6.45, 7) is 0. The van der Waals surface area contributed by atoms with Gasteiger partial charge in [0.2, 0.25) is 0 Å². The molecule has 0 radical (unpaired) electrons. The van der Waals surface area contributed by atoms with Crippen molar-refractivity contribution in [2.45, 2.75) is 29.3 Å². The van der Waals surface area contributed by atoms with Gasteiger partial charge in [0.25, 0.3) is 0 Å². The molecule has 1 fully saturated rings. The molecule has 5 heterocycles. The predicted octanol–water partition coefficient (Wildman–Crippen LogP) is 8.66. The summed E-state index contributed by atoms with van der Waals surface area (Å²) >= 11 is 7.50. The number of nitriles is 1. The number of benzene rings is 1. The van der Waals surface area contributed by atoms with Crippen molar-refractivity contribution in [3.05, 3.63) is 119 Å². The van der Waals surface area contributed by atoms with Gasteiger partial charge in [0.15, 0.2) is 5.78 Å². The predicted molar refractivity (Wildman–Crippen MR) is 166 cm³/mol. The van der Waals surface area contributed by atoms with Gasteiger partial charge in [0, 0.05) is 26.5 Å². The van der Waals surface area contributed by atoms with Gasteiger partial charge in [-0.2, -0.15) is 5.26 Å². The number of para-hydroxylation sites is 1. The van der Waals surface area contributed by atoms with E-state index in [1.165, 1.54) is 45.3 Å². The van der Waals surface area contributed by atoms with Crippen LogP contribution in [0, 0.1) is 17.2 Å². The van der Waals surface area contributed by atoms with Crippen LogP contribution in [0.5, 0.6) is 0 Å². The first-order chi connectivity index (χ1) is 19.6. The Kier molecular flexibility index (Phi) is 6.58. The summed E-state index contributed by atoms with van der Waals surface area (Å²) < 4.78 is 1.00. The van der Waals surface area contributed by atoms with E-state index in [9.17, 15) is 15.2 Å². The van der Waals surface area contributed by atoms with Crippen molar-refractivity contribution in [1.82, 2.24) is 4.98 Å². The molecule has 9 heteroatoms. The second-order valence-corrected chi connectivity index (χ2v) is 14.8. The molecule has 4 nitrogen and oxygen atoms in total. The average Bonchev–Trinajstić information content (AvgIpc) is 3.83. The number of thiazole rings is 1. The van der Waals surface area contributed by atoms with Gasteiger partial charge in [-0.15, -0.1) is 56.7 Å². The first-order valence-corrected chi connectivity index (χ1v) is 17.1. The minimum atomic E-state index is -1.48. The van der Waals surface area contributed by atoms with Crippen LogP contribution in [-0.4, -0.2) is 15.9 Å². The van der Waals surface area contributed by atoms with Crippen molar-refractivity contribution in [2.24, 2.45) is 5.92 Å². The van der Waals surface area contributed by atoms with Gasteiger partial charge in [0.05, 0.1) is 27.1 Å². The third-order valence-corrected chi connectivity index (χ3v) is 13.0. The summed E-state index contributed by atoms with van der Waals surface area (Å²) in [4.78, 5) is 23.0. The van der Waals surface area contributed by atoms with Crippen LogP contribution in [0.15, 0.2) is 94.3 Å². The number of hydrogen-bond donors (Lipinski definition) is 1. The van der Waals surface area contributed by atoms with Crippen molar-refractivity contribution in [1.29, 1.82) is 5.26 Å². The number of nitrogens with zero attached hydrogens (tertiary/aromatic N) is 2. The maximum Gasteiger partial charge on any atom is 0.179 e. The van der Waals surface area contributed by atoms with Crippen LogP contribution < -0.4 is 0 Å². The Bertz CT molecular complexity index is 1770. The molecule has 0 amide bonds. The third kappa shape index (κ3) is 3.90. The van der Waals surface area contributed by atoms with Crippen molar-refractivity contribution in [2.75, 3.05) is 0 Å². The van der Waals surface area contributed by atoms with Gasteiger partial charge in [-0.1, -0.05) is 36.4 Å². The first-order valence-electron chi connectivity index (χ1n) is 12.7. The number of fused-ring (bicyclic) bond motifs is 1. The summed E-state index contributed by atoms with van der Waals surface area (Å²) in [6, 6.07) is 26.3. The van der Waals surface area contributed by atoms with Crippen LogP contribution in [0.4, 0.5) is 0 Å². The molecule has 0 saturated heterocycles. The van der Waals surface area contributed by atoms with Crippen molar-refractivity contribution >= 4 is 72.7 Å². The Labute approximate surface area is 251 Å². The second kappa shape index (κ2) is 10.1. The minimum absolute atomic E-state index is 0.130. The monoisotopic (exact) mass is 614 g/mol. The molecule has 1 aromatic carbocycles. The van der Waals surface area contributed by atoms with E-state index in [1.54, 1.807) is 11.3 Å². The number of carbonyl (C=O) groups excluding carboxylic acids is 1. The zero-order valence-electron chi connectivity index (χ0n) is 21.0. The van der Waals surface area contributed by atoms with E-state index in [-0.39, 0.29) is 18.1 Å². The molecule has 1 saturated carbocycles. The molecule has 5 unspecified atom stereocenters. The van der Waals surface area contributed by atoms with Gasteiger partial charge in [0.1, 0.15) is 16.0 Å². The highest BCUT2D eigenvalue weighted by Crippen LogP contribution is 2.65. The van der Waals surface area contributed by atoms with Crippen LogP contribution in [0.2, 0.25) is 0 Å². The standard InChI is InChI=1S/C31H22N2O2S5/c32-18-30(29-33-20-7-1-2-8-22(20)40-29)19(21-9-3-13-36-21)17-31(35,25-12-6-16-39-25)27(26(30)23-10-4-14-37-23)28(34)24-11-5-15-38-24/h1-16,19,26-27,35H,17H2. The van der Waals surface area contributed by atoms with Crippen molar-refractivity contribution < 1.29 is 9.90 Å². The molecule has 0 bridgehead atoms. The number of Topliss-reactive ketones (excluding diaryl/α,β-unsaturated/α-hetero) is 1. The zero-order valence-corrected chi connectivity index (χ0v) is 25.1. The number of hydrogen-bond acceptors (Lipinski definition) is 9. The maximum atomic E-state index is 14.6. The van der Waals surface area contributed by atoms with Crippen LogP contribution in [0.25, 0.3) is 10.2 Å². The smallest absolute Gasteiger partial charge is 0.179 e. The summed E-state index contributed by atoms with van der Waals surface area (Å²) in [5.74, 6) is -2.02. The highest BCUT2D eigenvalue weighted by atomic mass is 32.1. The number of thiophene rings is 4. The first kappa shape index (κ1) is 26.0. The lowest BCUT2D eigenvalue weighted by atomic mass is 9.50. The van der Waals surface area contributed by atoms with Gasteiger partial charge in [-0.25, -0.2) is 4.98 Å². The number of carbonyl (C=O) groups is 1. The van der Waals surface area contributed by atoms with E-state index >= 15 is 0 Å². The Hall–Kier alpha value is -2.97. The Morgan fingerprint density at radius 2 is 1.57 bits per heavy atom. The molecule has 5 aromatic heterocycles. The number of ketones is 1. The SMILES string of the molecule is N#CC1(c2nc3ccccc3s2)C(c2cccs2)CC(O)(c2cccs2)C(C(=O)c2cccs2)C1c1cccs1. The van der Waals surface area contributed by atoms with Gasteiger partial charge < -0.3 is 5.11 Å². The molecule has 40 heavy (non-hydrogen) atoms. The van der Waals surface area contributed by atoms with E-state index in [0.29, 0.717) is 9.88 Å². The van der Waals surface area contributed by atoms with E-state index < -0.39 is 22.9 Å². The summed E-state index contributed by atoms with van der Waals surface area (Å²) in [6.07, 6.45) is 0.237. The maximum absolute atomic E-state index is 14.6. The van der Waals surface area contributed by atoms with E-state index in [4.69, 9.17) is 4.98 Å². The topological polar surface area (TPSA) is 74.0 Å². The van der Waals surface area contributed by atoms with E-state index in [0.717, 1.165) is 24.8 Å². The van der Waals surface area contributed by atoms with Gasteiger partial charge >= 0.3 is 0 Å². The molecule has 5 atom stereocenters. The van der Waals surface area contributed by atoms with E-state index in [2.05, 4.69) is 12.1 Å². The Morgan fingerprint density at radius 1 is 0.875 bits per heavy atom. The Morgan fingerprint density at radius 3 is 2.23 bits per heavy atom. The molecule has 1 N–H and O–H groups in total. The fourth-order valence-electron chi connectivity index (χ4n) is 6.27. The molecular formula is C31H22N2O2S5. The van der Waals surface area contributed by atoms with Crippen LogP contribution >= 0.6 is 56.7 Å². The summed E-state index contributed by atoms with van der Waals surface area (Å²) in [5.41, 5.74) is -1.82. The molecule has 1 aliphatic rings. The largest absolute Gasteiger partial charge is 0.384 e. The normalized spacial score (nSPS) is 26.6. The lowest BCUT2D eigenvalue weighted by Crippen LogP contribution is -2.57. The van der Waals surface area contributed by atoms with E-state index in [1.807, 2.05) is 88.3 Å². The molecular weight excluding hydrogens is 593 g/mol. The number of aliphatic hydroxyl groups is 1. The van der Waals surface area contributed by atoms with Crippen LogP contribution in [0.3, 0.4) is 0 Å². The van der Waals surface area contributed by atoms with Crippen molar-refractivity contribution in [3.63, 3.8) is 0 Å². The number of aromatic nitrogens is 1. The van der Waals surface area contributed by atoms with Gasteiger partial charge in [-0.05, 0) is 64.3 Å². The van der Waals surface area contributed by atoms with Crippen LogP contribution in [0.1, 0.15) is 47.6 Å². The molecule has 198 valence electrons. The number of rotatable bonds is 6. The lowest BCUT2D eigenvalue weighted by molar-refractivity contribution is -0.0700. The Balaban J connectivity index is 1.58. The van der Waals surface area contributed by atoms with Crippen molar-refractivity contribution in [3.8, 4) is 6.07 Å². The molecule has 0 aliphatic heterocycles. The average molecular weight is 615 g/mol. The zero-order chi connectivity index (χ0) is 27.3. The fraction of sp³-hybridized carbons (Fsp3) is 0.194. The lowest BCUT2D eigenvalue weighted by Gasteiger charge is -2.53. The van der Waals surface area contributed by atoms with Crippen LogP contribution in [-0.2, 0) is 11.0 Å². The highest BCUT2D eigenvalue weighted by Gasteiger charge is 2.66. The molecule has 7 rings (SSSR count). The molecule has 1 aliphatic carbocycles. The summed E-state index contributed by atoms with van der Waals surface area (Å²) in [5, 5.41) is 32.9. The fourth-order valence-corrected chi connectivity index (χ4v) is 10.9. The second-order valence-electron chi connectivity index (χ2n) is 9.95. The quantitative estimate of drug-likeness (QED) is 0.191. The van der Waals surface area contributed by atoms with Gasteiger partial charge in [-0.3, -0.25) is 4.79 Å². The molecule has 0 spiro atoms. The molecule has 6 aromatic rings. The highest BCUT2D eigenvalue weighted by molar-refractivity contribution is 7.18.